The van der Waals surface area contributed by atoms with Crippen molar-refractivity contribution in [2.75, 3.05) is 5.32 Å². The molecular formula is C23H24ClN3O3S. The summed E-state index contributed by atoms with van der Waals surface area (Å²) in [5, 5.41) is 6.15. The number of carbonyl (C=O) groups excluding carboxylic acids is 3. The number of anilines is 1. The van der Waals surface area contributed by atoms with Crippen LogP contribution in [-0.2, 0) is 17.9 Å². The minimum Gasteiger partial charge on any atom is -0.333 e. The van der Waals surface area contributed by atoms with Gasteiger partial charge in [0.05, 0.1) is 17.5 Å². The fraction of sp³-hybridized carbons (Fsp3) is 0.348. The number of thiophene rings is 1. The third-order valence-corrected chi connectivity index (χ3v) is 7.26. The predicted molar refractivity (Wildman–Crippen MR) is 123 cm³/mol. The van der Waals surface area contributed by atoms with Crippen LogP contribution in [0.5, 0.6) is 0 Å². The molecule has 31 heavy (non-hydrogen) atoms. The zero-order valence-electron chi connectivity index (χ0n) is 17.3. The van der Waals surface area contributed by atoms with Crippen molar-refractivity contribution in [1.82, 2.24) is 10.2 Å². The van der Waals surface area contributed by atoms with Gasteiger partial charge in [-0.25, -0.2) is 4.79 Å². The Hall–Kier alpha value is -2.64. The first-order valence-corrected chi connectivity index (χ1v) is 11.4. The predicted octanol–water partition coefficient (Wildman–Crippen LogP) is 5.06. The first kappa shape index (κ1) is 21.6. The number of amides is 3. The van der Waals surface area contributed by atoms with E-state index < -0.39 is 0 Å². The number of benzene rings is 1. The number of halogens is 1. The normalized spacial score (nSPS) is 18.7. The van der Waals surface area contributed by atoms with E-state index in [0.29, 0.717) is 41.5 Å². The van der Waals surface area contributed by atoms with Gasteiger partial charge in [-0.05, 0) is 55.5 Å². The number of Topliss-reactive ketones (excluding diaryl/α,β-unsaturated/α-hetero) is 1. The molecule has 162 valence electrons. The van der Waals surface area contributed by atoms with Crippen LogP contribution < -0.4 is 10.6 Å². The lowest BCUT2D eigenvalue weighted by Gasteiger charge is -2.25. The zero-order valence-corrected chi connectivity index (χ0v) is 18.9. The van der Waals surface area contributed by atoms with E-state index in [1.807, 2.05) is 19.1 Å². The van der Waals surface area contributed by atoms with Gasteiger partial charge in [0.25, 0.3) is 5.91 Å². The molecule has 1 aliphatic heterocycles. The third-order valence-electron chi connectivity index (χ3n) is 5.69. The first-order valence-electron chi connectivity index (χ1n) is 10.2. The van der Waals surface area contributed by atoms with Gasteiger partial charge in [0.15, 0.2) is 5.78 Å². The number of nitrogens with one attached hydrogen (secondary N) is 2. The van der Waals surface area contributed by atoms with Crippen LogP contribution in [0, 0.1) is 6.92 Å². The summed E-state index contributed by atoms with van der Waals surface area (Å²) >= 11 is 7.46. The molecule has 8 heteroatoms. The van der Waals surface area contributed by atoms with Crippen molar-refractivity contribution in [2.45, 2.75) is 51.7 Å². The van der Waals surface area contributed by atoms with Crippen LogP contribution in [0.15, 0.2) is 36.4 Å². The number of allylic oxidation sites excluding steroid dienone is 1. The van der Waals surface area contributed by atoms with Gasteiger partial charge in [-0.1, -0.05) is 29.8 Å². The summed E-state index contributed by atoms with van der Waals surface area (Å²) in [5.41, 5.74) is 3.43. The van der Waals surface area contributed by atoms with Crippen molar-refractivity contribution in [2.24, 2.45) is 0 Å². The van der Waals surface area contributed by atoms with Gasteiger partial charge >= 0.3 is 6.03 Å². The van der Waals surface area contributed by atoms with Crippen LogP contribution in [0.25, 0.3) is 0 Å². The number of nitrogens with zero attached hydrogens (tertiary/aromatic N) is 1. The fourth-order valence-corrected chi connectivity index (χ4v) is 5.26. The summed E-state index contributed by atoms with van der Waals surface area (Å²) in [6.45, 7) is 6.61. The largest absolute Gasteiger partial charge is 0.333 e. The smallest absolute Gasteiger partial charge is 0.319 e. The molecule has 4 rings (SSSR count). The second-order valence-corrected chi connectivity index (χ2v) is 9.62. The molecule has 0 saturated heterocycles. The van der Waals surface area contributed by atoms with Gasteiger partial charge in [0, 0.05) is 28.6 Å². The zero-order chi connectivity index (χ0) is 22.1. The third kappa shape index (κ3) is 4.67. The van der Waals surface area contributed by atoms with E-state index in [-0.39, 0.29) is 23.8 Å². The topological polar surface area (TPSA) is 78.5 Å². The summed E-state index contributed by atoms with van der Waals surface area (Å²) in [6, 6.07) is 6.58. The number of ketones is 1. The lowest BCUT2D eigenvalue weighted by molar-refractivity contribution is -0.122. The van der Waals surface area contributed by atoms with Gasteiger partial charge < -0.3 is 15.5 Å². The van der Waals surface area contributed by atoms with Gasteiger partial charge in [-0.2, -0.15) is 0 Å². The highest BCUT2D eigenvalue weighted by molar-refractivity contribution is 7.14. The van der Waals surface area contributed by atoms with Gasteiger partial charge in [0.1, 0.15) is 0 Å². The number of fused-ring (bicyclic) bond motifs is 1. The molecule has 0 bridgehead atoms. The van der Waals surface area contributed by atoms with Gasteiger partial charge in [-0.3, -0.25) is 9.59 Å². The number of hydrogen-bond acceptors (Lipinski definition) is 4. The van der Waals surface area contributed by atoms with Crippen molar-refractivity contribution in [3.8, 4) is 0 Å². The van der Waals surface area contributed by atoms with Crippen LogP contribution in [0.1, 0.15) is 51.4 Å². The van der Waals surface area contributed by atoms with Crippen molar-refractivity contribution >= 4 is 46.3 Å². The average Bonchev–Trinajstić information content (AvgIpc) is 3.19. The van der Waals surface area contributed by atoms with Gasteiger partial charge in [-0.15, -0.1) is 11.3 Å². The highest BCUT2D eigenvalue weighted by Crippen LogP contribution is 2.35. The minimum atomic E-state index is -0.361. The monoisotopic (exact) mass is 457 g/mol. The Morgan fingerprint density at radius 3 is 2.87 bits per heavy atom. The summed E-state index contributed by atoms with van der Waals surface area (Å²) in [4.78, 5) is 40.9. The standard InChI is InChI=1S/C23H24ClN3O3S/c1-13-4-3-5-19(20(28)8-13)27-12-15-9-17(31-21(15)22(27)29)11-25-23(30)26-16-7-6-14(2)18(24)10-16/h6-7,9-10,19H,1,3-5,8,11-12H2,2H3,(H2,25,26,30). The van der Waals surface area contributed by atoms with E-state index in [1.54, 1.807) is 17.0 Å². The Bertz CT molecular complexity index is 1080. The molecule has 2 N–H and O–H groups in total. The van der Waals surface area contributed by atoms with Crippen LogP contribution in [0.4, 0.5) is 10.5 Å². The maximum Gasteiger partial charge on any atom is 0.319 e. The van der Waals surface area contributed by atoms with Crippen molar-refractivity contribution < 1.29 is 14.4 Å². The number of rotatable bonds is 4. The lowest BCUT2D eigenvalue weighted by atomic mass is 10.1. The Kier molecular flexibility index (Phi) is 6.16. The highest BCUT2D eigenvalue weighted by atomic mass is 35.5. The van der Waals surface area contributed by atoms with Crippen molar-refractivity contribution in [3.63, 3.8) is 0 Å². The molecule has 1 aromatic carbocycles. The molecule has 0 spiro atoms. The Labute approximate surface area is 190 Å². The van der Waals surface area contributed by atoms with Crippen LogP contribution in [0.3, 0.4) is 0 Å². The maximum absolute atomic E-state index is 12.9. The van der Waals surface area contributed by atoms with E-state index in [0.717, 1.165) is 34.4 Å². The SMILES string of the molecule is C=C1CCCC(N2Cc3cc(CNC(=O)Nc4ccc(C)c(Cl)c4)sc3C2=O)C(=O)C1. The summed E-state index contributed by atoms with van der Waals surface area (Å²) < 4.78 is 0. The van der Waals surface area contributed by atoms with E-state index in [2.05, 4.69) is 17.2 Å². The Balaban J connectivity index is 1.35. The summed E-state index contributed by atoms with van der Waals surface area (Å²) in [6.07, 6.45) is 2.77. The molecule has 1 atom stereocenters. The summed E-state index contributed by atoms with van der Waals surface area (Å²) in [5.74, 6) is -0.00312. The van der Waals surface area contributed by atoms with E-state index in [4.69, 9.17) is 11.6 Å². The second-order valence-electron chi connectivity index (χ2n) is 8.07. The molecule has 3 amide bonds. The number of carbonyl (C=O) groups is 3. The van der Waals surface area contributed by atoms with Crippen molar-refractivity contribution in [3.05, 3.63) is 62.3 Å². The first-order chi connectivity index (χ1) is 14.8. The number of aryl methyl sites for hydroxylation is 1. The van der Waals surface area contributed by atoms with E-state index in [1.165, 1.54) is 11.3 Å². The van der Waals surface area contributed by atoms with Crippen LogP contribution in [-0.4, -0.2) is 28.7 Å². The molecule has 0 radical (unpaired) electrons. The Morgan fingerprint density at radius 2 is 2.13 bits per heavy atom. The molecule has 1 saturated carbocycles. The van der Waals surface area contributed by atoms with E-state index >= 15 is 0 Å². The molecule has 2 heterocycles. The van der Waals surface area contributed by atoms with Crippen molar-refractivity contribution in [1.29, 1.82) is 0 Å². The van der Waals surface area contributed by atoms with Gasteiger partial charge in [0.2, 0.25) is 0 Å². The molecule has 1 aromatic heterocycles. The lowest BCUT2D eigenvalue weighted by Crippen LogP contribution is -2.40. The maximum atomic E-state index is 12.9. The minimum absolute atomic E-state index is 0.0840. The molecule has 6 nitrogen and oxygen atoms in total. The molecule has 1 aliphatic carbocycles. The molecular weight excluding hydrogens is 434 g/mol. The number of hydrogen-bond donors (Lipinski definition) is 2. The van der Waals surface area contributed by atoms with E-state index in [9.17, 15) is 14.4 Å². The van der Waals surface area contributed by atoms with Crippen LogP contribution >= 0.6 is 22.9 Å². The van der Waals surface area contributed by atoms with Crippen LogP contribution in [0.2, 0.25) is 5.02 Å². The number of urea groups is 1. The summed E-state index contributed by atoms with van der Waals surface area (Å²) in [7, 11) is 0. The average molecular weight is 458 g/mol. The quantitative estimate of drug-likeness (QED) is 0.497. The Morgan fingerprint density at radius 1 is 1.32 bits per heavy atom. The molecule has 2 aromatic rings. The fourth-order valence-electron chi connectivity index (χ4n) is 4.01. The second kappa shape index (κ2) is 8.85. The molecule has 2 aliphatic rings. The molecule has 1 fully saturated rings. The molecule has 1 unspecified atom stereocenters. The highest BCUT2D eigenvalue weighted by Gasteiger charge is 2.38.